The van der Waals surface area contributed by atoms with Gasteiger partial charge in [0.1, 0.15) is 5.82 Å². The third kappa shape index (κ3) is 3.98. The molecule has 7 heteroatoms. The molecule has 144 valence electrons. The lowest BCUT2D eigenvalue weighted by atomic mass is 10.1. The van der Waals surface area contributed by atoms with E-state index in [1.54, 1.807) is 48.5 Å². The summed E-state index contributed by atoms with van der Waals surface area (Å²) in [6.07, 6.45) is -1.20. The zero-order chi connectivity index (χ0) is 20.2. The summed E-state index contributed by atoms with van der Waals surface area (Å²) in [7, 11) is 0. The topological polar surface area (TPSA) is 84.1 Å². The molecular weight excluding hydrogens is 373 g/mol. The number of benzene rings is 3. The smallest absolute Gasteiger partial charge is 0.360 e. The normalized spacial score (nSPS) is 11.8. The number of amides is 1. The van der Waals surface area contributed by atoms with Crippen molar-refractivity contribution in [1.29, 1.82) is 0 Å². The maximum absolute atomic E-state index is 13.1. The summed E-state index contributed by atoms with van der Waals surface area (Å²) < 4.78 is 18.7. The lowest BCUT2D eigenvalue weighted by Crippen LogP contribution is -2.26. The molecule has 1 atom stereocenters. The number of aromatic nitrogens is 2. The standard InChI is InChI=1S/C22H16FN3O3/c23-15-10-12-16(13-11-15)24-21(27)20(14-6-2-1-3-7-14)29-22(28)19-17-8-4-5-9-18(17)25-26-19/h1-13,20H,(H,24,27)(H,25,26)/t20-/m1/s1. The zero-order valence-electron chi connectivity index (χ0n) is 15.1. The number of hydrogen-bond donors (Lipinski definition) is 2. The van der Waals surface area contributed by atoms with Gasteiger partial charge >= 0.3 is 5.97 Å². The van der Waals surface area contributed by atoms with E-state index in [9.17, 15) is 14.0 Å². The average molecular weight is 389 g/mol. The van der Waals surface area contributed by atoms with E-state index in [2.05, 4.69) is 15.5 Å². The van der Waals surface area contributed by atoms with Crippen LogP contribution in [0.15, 0.2) is 78.9 Å². The minimum Gasteiger partial charge on any atom is -0.442 e. The molecule has 0 aliphatic carbocycles. The van der Waals surface area contributed by atoms with Crippen LogP contribution in [0, 0.1) is 5.82 Å². The molecule has 0 bridgehead atoms. The van der Waals surface area contributed by atoms with Crippen LogP contribution in [-0.2, 0) is 9.53 Å². The number of nitrogens with zero attached hydrogens (tertiary/aromatic N) is 1. The van der Waals surface area contributed by atoms with Crippen molar-refractivity contribution in [2.45, 2.75) is 6.10 Å². The fraction of sp³-hybridized carbons (Fsp3) is 0.0455. The van der Waals surface area contributed by atoms with Crippen molar-refractivity contribution < 1.29 is 18.7 Å². The van der Waals surface area contributed by atoms with Crippen molar-refractivity contribution in [2.75, 3.05) is 5.32 Å². The number of ether oxygens (including phenoxy) is 1. The molecule has 0 saturated carbocycles. The highest BCUT2D eigenvalue weighted by atomic mass is 19.1. The van der Waals surface area contributed by atoms with Crippen LogP contribution < -0.4 is 5.32 Å². The first-order valence-corrected chi connectivity index (χ1v) is 8.87. The molecule has 1 aromatic heterocycles. The largest absolute Gasteiger partial charge is 0.442 e. The van der Waals surface area contributed by atoms with Gasteiger partial charge in [0.2, 0.25) is 6.10 Å². The van der Waals surface area contributed by atoms with Gasteiger partial charge in [0.15, 0.2) is 5.69 Å². The molecule has 4 aromatic rings. The van der Waals surface area contributed by atoms with E-state index in [0.717, 1.165) is 0 Å². The third-order valence-corrected chi connectivity index (χ3v) is 4.34. The quantitative estimate of drug-likeness (QED) is 0.500. The summed E-state index contributed by atoms with van der Waals surface area (Å²) in [5, 5.41) is 10.0. The molecule has 3 aromatic carbocycles. The number of halogens is 1. The first kappa shape index (κ1) is 18.4. The van der Waals surface area contributed by atoms with Crippen molar-refractivity contribution in [3.8, 4) is 0 Å². The maximum Gasteiger partial charge on any atom is 0.360 e. The van der Waals surface area contributed by atoms with Crippen molar-refractivity contribution in [1.82, 2.24) is 10.2 Å². The first-order valence-electron chi connectivity index (χ1n) is 8.87. The number of fused-ring (bicyclic) bond motifs is 1. The number of esters is 1. The van der Waals surface area contributed by atoms with Crippen LogP contribution in [0.2, 0.25) is 0 Å². The van der Waals surface area contributed by atoms with Gasteiger partial charge in [-0.3, -0.25) is 9.89 Å². The summed E-state index contributed by atoms with van der Waals surface area (Å²) >= 11 is 0. The number of anilines is 1. The number of H-pyrrole nitrogens is 1. The number of nitrogens with one attached hydrogen (secondary N) is 2. The van der Waals surface area contributed by atoms with Gasteiger partial charge in [0, 0.05) is 16.6 Å². The van der Waals surface area contributed by atoms with E-state index in [1.165, 1.54) is 24.3 Å². The van der Waals surface area contributed by atoms with Crippen LogP contribution in [0.4, 0.5) is 10.1 Å². The molecule has 4 rings (SSSR count). The molecule has 1 heterocycles. The van der Waals surface area contributed by atoms with E-state index >= 15 is 0 Å². The van der Waals surface area contributed by atoms with Gasteiger partial charge in [-0.25, -0.2) is 9.18 Å². The number of carbonyl (C=O) groups is 2. The number of aromatic amines is 1. The summed E-state index contributed by atoms with van der Waals surface area (Å²) in [5.41, 5.74) is 1.67. The van der Waals surface area contributed by atoms with Crippen LogP contribution in [0.3, 0.4) is 0 Å². The van der Waals surface area contributed by atoms with Crippen molar-refractivity contribution in [2.24, 2.45) is 0 Å². The Morgan fingerprint density at radius 3 is 2.38 bits per heavy atom. The predicted octanol–water partition coefficient (Wildman–Crippen LogP) is 4.24. The second-order valence-electron chi connectivity index (χ2n) is 6.31. The minimum atomic E-state index is -1.20. The zero-order valence-corrected chi connectivity index (χ0v) is 15.1. The third-order valence-electron chi connectivity index (χ3n) is 4.34. The molecular formula is C22H16FN3O3. The number of hydrogen-bond acceptors (Lipinski definition) is 4. The van der Waals surface area contributed by atoms with Crippen molar-refractivity contribution in [3.05, 3.63) is 95.9 Å². The van der Waals surface area contributed by atoms with Crippen LogP contribution in [0.5, 0.6) is 0 Å². The van der Waals surface area contributed by atoms with E-state index in [-0.39, 0.29) is 5.69 Å². The second-order valence-corrected chi connectivity index (χ2v) is 6.31. The molecule has 0 saturated heterocycles. The second kappa shape index (κ2) is 7.93. The molecule has 0 spiro atoms. The molecule has 6 nitrogen and oxygen atoms in total. The highest BCUT2D eigenvalue weighted by Crippen LogP contribution is 2.24. The Hall–Kier alpha value is -4.00. The van der Waals surface area contributed by atoms with Crippen LogP contribution in [-0.4, -0.2) is 22.1 Å². The fourth-order valence-corrected chi connectivity index (χ4v) is 2.92. The van der Waals surface area contributed by atoms with Gasteiger partial charge in [0.25, 0.3) is 5.91 Å². The van der Waals surface area contributed by atoms with Crippen LogP contribution >= 0.6 is 0 Å². The van der Waals surface area contributed by atoms with Gasteiger partial charge in [-0.1, -0.05) is 48.5 Å². The fourth-order valence-electron chi connectivity index (χ4n) is 2.92. The minimum absolute atomic E-state index is 0.0936. The molecule has 29 heavy (non-hydrogen) atoms. The summed E-state index contributed by atoms with van der Waals surface area (Å²) in [4.78, 5) is 25.6. The number of rotatable bonds is 5. The molecule has 0 aliphatic rings. The Kier molecular flexibility index (Phi) is 5.03. The monoisotopic (exact) mass is 389 g/mol. The Bertz CT molecular complexity index is 1160. The lowest BCUT2D eigenvalue weighted by molar-refractivity contribution is -0.125. The Morgan fingerprint density at radius 1 is 0.931 bits per heavy atom. The molecule has 0 fully saturated rings. The first-order chi connectivity index (χ1) is 14.1. The highest BCUT2D eigenvalue weighted by molar-refractivity contribution is 6.03. The van der Waals surface area contributed by atoms with Gasteiger partial charge < -0.3 is 10.1 Å². The van der Waals surface area contributed by atoms with Gasteiger partial charge in [0.05, 0.1) is 5.52 Å². The van der Waals surface area contributed by atoms with Gasteiger partial charge in [-0.15, -0.1) is 0 Å². The lowest BCUT2D eigenvalue weighted by Gasteiger charge is -2.17. The Balaban J connectivity index is 1.61. The molecule has 0 radical (unpaired) electrons. The molecule has 0 unspecified atom stereocenters. The van der Waals surface area contributed by atoms with E-state index in [1.807, 2.05) is 6.07 Å². The predicted molar refractivity (Wildman–Crippen MR) is 106 cm³/mol. The number of carbonyl (C=O) groups excluding carboxylic acids is 2. The summed E-state index contributed by atoms with van der Waals surface area (Å²) in [5.74, 6) is -1.71. The van der Waals surface area contributed by atoms with E-state index < -0.39 is 23.8 Å². The molecule has 1 amide bonds. The molecule has 2 N–H and O–H groups in total. The molecule has 0 aliphatic heterocycles. The Morgan fingerprint density at radius 2 is 1.62 bits per heavy atom. The van der Waals surface area contributed by atoms with Crippen molar-refractivity contribution in [3.63, 3.8) is 0 Å². The van der Waals surface area contributed by atoms with Crippen molar-refractivity contribution >= 4 is 28.5 Å². The van der Waals surface area contributed by atoms with Gasteiger partial charge in [-0.05, 0) is 30.3 Å². The Labute approximate surface area is 165 Å². The summed E-state index contributed by atoms with van der Waals surface area (Å²) in [6, 6.07) is 21.1. The van der Waals surface area contributed by atoms with Crippen LogP contribution in [0.1, 0.15) is 22.2 Å². The SMILES string of the molecule is O=C(O[C@@H](C(=O)Nc1ccc(F)cc1)c1ccccc1)c1n[nH]c2ccccc12. The maximum atomic E-state index is 13.1. The summed E-state index contributed by atoms with van der Waals surface area (Å²) in [6.45, 7) is 0. The highest BCUT2D eigenvalue weighted by Gasteiger charge is 2.27. The van der Waals surface area contributed by atoms with Crippen LogP contribution in [0.25, 0.3) is 10.9 Å². The van der Waals surface area contributed by atoms with E-state index in [0.29, 0.717) is 22.2 Å². The average Bonchev–Trinajstić information content (AvgIpc) is 3.18. The van der Waals surface area contributed by atoms with E-state index in [4.69, 9.17) is 4.74 Å². The van der Waals surface area contributed by atoms with Gasteiger partial charge in [-0.2, -0.15) is 5.10 Å². The number of para-hydroxylation sites is 1.